The van der Waals surface area contributed by atoms with Gasteiger partial charge in [-0.1, -0.05) is 30.3 Å². The van der Waals surface area contributed by atoms with Crippen LogP contribution in [0.2, 0.25) is 0 Å². The molecular weight excluding hydrogens is 352 g/mol. The topological polar surface area (TPSA) is 108 Å². The van der Waals surface area contributed by atoms with Gasteiger partial charge in [0, 0.05) is 19.6 Å². The predicted molar refractivity (Wildman–Crippen MR) is 98.6 cm³/mol. The molecule has 0 aromatic heterocycles. The lowest BCUT2D eigenvalue weighted by molar-refractivity contribution is -0.156. The summed E-state index contributed by atoms with van der Waals surface area (Å²) in [5.41, 5.74) is 5.45. The maximum absolute atomic E-state index is 12.4. The molecule has 8 heteroatoms. The Morgan fingerprint density at radius 2 is 1.78 bits per heavy atom. The lowest BCUT2D eigenvalue weighted by atomic mass is 9.93. The van der Waals surface area contributed by atoms with Crippen LogP contribution in [-0.2, 0) is 30.4 Å². The van der Waals surface area contributed by atoms with Crippen LogP contribution in [0.3, 0.4) is 0 Å². The molecule has 1 aromatic rings. The third-order valence-electron chi connectivity index (χ3n) is 3.77. The van der Waals surface area contributed by atoms with E-state index >= 15 is 0 Å². The summed E-state index contributed by atoms with van der Waals surface area (Å²) in [6.45, 7) is 3.91. The maximum Gasteiger partial charge on any atom is 0.410 e. The molecule has 0 aliphatic carbocycles. The molecule has 0 bridgehead atoms. The van der Waals surface area contributed by atoms with Gasteiger partial charge in [-0.25, -0.2) is 4.79 Å². The Kier molecular flexibility index (Phi) is 9.29. The molecule has 0 aliphatic heterocycles. The van der Waals surface area contributed by atoms with Gasteiger partial charge in [-0.05, 0) is 19.4 Å². The first-order valence-corrected chi connectivity index (χ1v) is 8.70. The third-order valence-corrected chi connectivity index (χ3v) is 3.77. The molecule has 0 heterocycles. The number of ether oxygens (including phenoxy) is 3. The van der Waals surface area contributed by atoms with E-state index < -0.39 is 23.4 Å². The van der Waals surface area contributed by atoms with Crippen LogP contribution in [0, 0.1) is 5.41 Å². The molecule has 0 saturated carbocycles. The number of esters is 2. The molecule has 0 spiro atoms. The first kappa shape index (κ1) is 22.4. The Balaban J connectivity index is 2.60. The molecule has 0 fully saturated rings. The number of hydrogen-bond donors (Lipinski definition) is 1. The highest BCUT2D eigenvalue weighted by molar-refractivity contribution is 5.78. The van der Waals surface area contributed by atoms with Crippen molar-refractivity contribution >= 4 is 18.0 Å². The zero-order chi connectivity index (χ0) is 20.3. The van der Waals surface area contributed by atoms with Gasteiger partial charge in [0.15, 0.2) is 0 Å². The van der Waals surface area contributed by atoms with Gasteiger partial charge in [0.05, 0.1) is 18.9 Å². The fraction of sp³-hybridized carbons (Fsp3) is 0.526. The van der Waals surface area contributed by atoms with E-state index in [1.165, 1.54) is 12.0 Å². The maximum atomic E-state index is 12.4. The quantitative estimate of drug-likeness (QED) is 0.486. The highest BCUT2D eigenvalue weighted by Gasteiger charge is 2.34. The second-order valence-corrected chi connectivity index (χ2v) is 6.60. The van der Waals surface area contributed by atoms with Crippen molar-refractivity contribution in [3.8, 4) is 0 Å². The van der Waals surface area contributed by atoms with Gasteiger partial charge >= 0.3 is 18.0 Å². The summed E-state index contributed by atoms with van der Waals surface area (Å²) in [6.07, 6.45) is -0.580. The molecule has 0 unspecified atom stereocenters. The third kappa shape index (κ3) is 8.08. The van der Waals surface area contributed by atoms with Gasteiger partial charge in [0.25, 0.3) is 0 Å². The summed E-state index contributed by atoms with van der Waals surface area (Å²) < 4.78 is 14.9. The Morgan fingerprint density at radius 1 is 1.11 bits per heavy atom. The summed E-state index contributed by atoms with van der Waals surface area (Å²) in [5.74, 6) is -0.987. The number of amides is 1. The number of carbonyl (C=O) groups is 3. The molecule has 1 rings (SSSR count). The molecule has 2 N–H and O–H groups in total. The summed E-state index contributed by atoms with van der Waals surface area (Å²) in [6, 6.07) is 9.29. The van der Waals surface area contributed by atoms with Crippen LogP contribution in [-0.4, -0.2) is 56.3 Å². The number of methoxy groups -OCH3 is 1. The van der Waals surface area contributed by atoms with Crippen LogP contribution in [0.5, 0.6) is 0 Å². The summed E-state index contributed by atoms with van der Waals surface area (Å²) in [5, 5.41) is 0. The smallest absolute Gasteiger partial charge is 0.410 e. The molecule has 0 saturated heterocycles. The van der Waals surface area contributed by atoms with Gasteiger partial charge in [-0.3, -0.25) is 9.59 Å². The lowest BCUT2D eigenvalue weighted by Gasteiger charge is -2.30. The van der Waals surface area contributed by atoms with Gasteiger partial charge in [-0.2, -0.15) is 0 Å². The minimum atomic E-state index is -0.989. The highest BCUT2D eigenvalue weighted by Crippen LogP contribution is 2.20. The van der Waals surface area contributed by atoms with Crippen LogP contribution in [0.1, 0.15) is 25.8 Å². The van der Waals surface area contributed by atoms with Crippen LogP contribution >= 0.6 is 0 Å². The van der Waals surface area contributed by atoms with Crippen molar-refractivity contribution in [1.29, 1.82) is 0 Å². The van der Waals surface area contributed by atoms with Gasteiger partial charge in [0.2, 0.25) is 0 Å². The summed E-state index contributed by atoms with van der Waals surface area (Å²) >= 11 is 0. The standard InChI is InChI=1S/C19H28N2O6/c1-19(2,17(23)26-12-9-16(22)25-3)14-21(11-10-20)18(24)27-13-15-7-5-4-6-8-15/h4-8H,9-14,20H2,1-3H3. The van der Waals surface area contributed by atoms with E-state index in [0.717, 1.165) is 5.56 Å². The second-order valence-electron chi connectivity index (χ2n) is 6.60. The molecule has 1 aromatic carbocycles. The Morgan fingerprint density at radius 3 is 2.37 bits per heavy atom. The number of benzene rings is 1. The zero-order valence-corrected chi connectivity index (χ0v) is 16.1. The van der Waals surface area contributed by atoms with Gasteiger partial charge in [0.1, 0.15) is 13.2 Å². The number of nitrogens with two attached hydrogens (primary N) is 1. The molecule has 8 nitrogen and oxygen atoms in total. The van der Waals surface area contributed by atoms with E-state index in [1.54, 1.807) is 13.8 Å². The minimum Gasteiger partial charge on any atom is -0.469 e. The van der Waals surface area contributed by atoms with Crippen molar-refractivity contribution in [3.63, 3.8) is 0 Å². The summed E-state index contributed by atoms with van der Waals surface area (Å²) in [7, 11) is 1.26. The van der Waals surface area contributed by atoms with Gasteiger partial charge in [-0.15, -0.1) is 0 Å². The molecule has 0 aliphatic rings. The van der Waals surface area contributed by atoms with Crippen LogP contribution in [0.15, 0.2) is 30.3 Å². The minimum absolute atomic E-state index is 0.0239. The molecular formula is C19H28N2O6. The molecule has 0 radical (unpaired) electrons. The number of hydrogen-bond acceptors (Lipinski definition) is 7. The van der Waals surface area contributed by atoms with Gasteiger partial charge < -0.3 is 24.8 Å². The fourth-order valence-electron chi connectivity index (χ4n) is 2.27. The predicted octanol–water partition coefficient (Wildman–Crippen LogP) is 1.72. The first-order valence-electron chi connectivity index (χ1n) is 8.70. The first-order chi connectivity index (χ1) is 12.8. The highest BCUT2D eigenvalue weighted by atomic mass is 16.6. The van der Waals surface area contributed by atoms with Crippen LogP contribution in [0.25, 0.3) is 0 Å². The largest absolute Gasteiger partial charge is 0.469 e. The number of rotatable bonds is 10. The summed E-state index contributed by atoms with van der Waals surface area (Å²) in [4.78, 5) is 37.1. The average Bonchev–Trinajstić information content (AvgIpc) is 2.66. The normalized spacial score (nSPS) is 10.8. The van der Waals surface area contributed by atoms with Crippen LogP contribution in [0.4, 0.5) is 4.79 Å². The van der Waals surface area contributed by atoms with E-state index in [-0.39, 0.29) is 39.3 Å². The lowest BCUT2D eigenvalue weighted by Crippen LogP contribution is -2.45. The molecule has 1 amide bonds. The van der Waals surface area contributed by atoms with E-state index in [4.69, 9.17) is 15.2 Å². The van der Waals surface area contributed by atoms with Crippen molar-refractivity contribution in [2.75, 3.05) is 33.4 Å². The molecule has 27 heavy (non-hydrogen) atoms. The van der Waals surface area contributed by atoms with Crippen molar-refractivity contribution in [2.45, 2.75) is 26.9 Å². The van der Waals surface area contributed by atoms with E-state index in [9.17, 15) is 14.4 Å². The van der Waals surface area contributed by atoms with Crippen molar-refractivity contribution < 1.29 is 28.6 Å². The fourth-order valence-corrected chi connectivity index (χ4v) is 2.27. The van der Waals surface area contributed by atoms with E-state index in [2.05, 4.69) is 4.74 Å². The zero-order valence-electron chi connectivity index (χ0n) is 16.1. The Labute approximate surface area is 159 Å². The molecule has 0 atom stereocenters. The number of carbonyl (C=O) groups excluding carboxylic acids is 3. The Bertz CT molecular complexity index is 618. The van der Waals surface area contributed by atoms with Crippen molar-refractivity contribution in [2.24, 2.45) is 11.1 Å². The van der Waals surface area contributed by atoms with E-state index in [0.29, 0.717) is 0 Å². The second kappa shape index (κ2) is 11.2. The average molecular weight is 380 g/mol. The monoisotopic (exact) mass is 380 g/mol. The van der Waals surface area contributed by atoms with Crippen molar-refractivity contribution in [3.05, 3.63) is 35.9 Å². The van der Waals surface area contributed by atoms with Crippen LogP contribution < -0.4 is 5.73 Å². The number of nitrogens with zero attached hydrogens (tertiary/aromatic N) is 1. The Hall–Kier alpha value is -2.61. The SMILES string of the molecule is COC(=O)CCOC(=O)C(C)(C)CN(CCN)C(=O)OCc1ccccc1. The van der Waals surface area contributed by atoms with Crippen molar-refractivity contribution in [1.82, 2.24) is 4.90 Å². The van der Waals surface area contributed by atoms with E-state index in [1.807, 2.05) is 30.3 Å². The molecule has 150 valence electrons.